The summed E-state index contributed by atoms with van der Waals surface area (Å²) in [7, 11) is 0. The fraction of sp³-hybridized carbons (Fsp3) is 0.533. The van der Waals surface area contributed by atoms with Crippen LogP contribution in [0.5, 0.6) is 0 Å². The van der Waals surface area contributed by atoms with Crippen LogP contribution in [0.2, 0.25) is 0 Å². The van der Waals surface area contributed by atoms with Crippen LogP contribution in [0.1, 0.15) is 36.3 Å². The van der Waals surface area contributed by atoms with Crippen molar-refractivity contribution in [3.63, 3.8) is 0 Å². The Kier molecular flexibility index (Phi) is 2.12. The molecule has 6 atom stereocenters. The lowest BCUT2D eigenvalue weighted by molar-refractivity contribution is -0.148. The number of rotatable bonds is 1. The normalized spacial score (nSPS) is 43.0. The maximum atomic E-state index is 11.3. The Morgan fingerprint density at radius 1 is 1.28 bits per heavy atom. The van der Waals surface area contributed by atoms with Crippen molar-refractivity contribution in [2.24, 2.45) is 11.8 Å². The summed E-state index contributed by atoms with van der Waals surface area (Å²) < 4.78 is 5.56. The smallest absolute Gasteiger partial charge is 0.302 e. The van der Waals surface area contributed by atoms with E-state index >= 15 is 0 Å². The highest BCUT2D eigenvalue weighted by atomic mass is 35.5. The van der Waals surface area contributed by atoms with Crippen molar-refractivity contribution in [1.29, 1.82) is 0 Å². The van der Waals surface area contributed by atoms with Gasteiger partial charge in [0.25, 0.3) is 0 Å². The molecule has 0 N–H and O–H groups in total. The van der Waals surface area contributed by atoms with Crippen LogP contribution in [0.15, 0.2) is 24.3 Å². The van der Waals surface area contributed by atoms with Gasteiger partial charge in [0, 0.05) is 24.1 Å². The van der Waals surface area contributed by atoms with E-state index in [1.54, 1.807) is 0 Å². The molecule has 94 valence electrons. The molecule has 0 radical (unpaired) electrons. The lowest BCUT2D eigenvalue weighted by atomic mass is 9.61. The molecule has 2 saturated carbocycles. The summed E-state index contributed by atoms with van der Waals surface area (Å²) in [6.07, 6.45) is 1.02. The van der Waals surface area contributed by atoms with Crippen molar-refractivity contribution in [1.82, 2.24) is 0 Å². The number of hydrogen-bond acceptors (Lipinski definition) is 2. The van der Waals surface area contributed by atoms with Crippen LogP contribution in [0.25, 0.3) is 0 Å². The largest absolute Gasteiger partial charge is 0.462 e. The molecule has 1 aromatic rings. The molecule has 3 aliphatic rings. The predicted molar refractivity (Wildman–Crippen MR) is 68.7 cm³/mol. The molecule has 2 nitrogen and oxygen atoms in total. The summed E-state index contributed by atoms with van der Waals surface area (Å²) in [5, 5.41) is 0.161. The van der Waals surface area contributed by atoms with E-state index in [1.165, 1.54) is 18.1 Å². The molecule has 0 aliphatic heterocycles. The van der Waals surface area contributed by atoms with E-state index < -0.39 is 0 Å². The SMILES string of the molecule is CC(=O)O[C@H]1[C@H]2C[C@@H](Cl)[C@@H]1[C@@H]1c3ccccc3[C@H]21. The molecule has 1 aromatic carbocycles. The maximum absolute atomic E-state index is 11.3. The van der Waals surface area contributed by atoms with Crippen molar-refractivity contribution >= 4 is 17.6 Å². The van der Waals surface area contributed by atoms with Gasteiger partial charge in [-0.05, 0) is 29.4 Å². The first-order valence-corrected chi connectivity index (χ1v) is 7.02. The highest BCUT2D eigenvalue weighted by molar-refractivity contribution is 6.21. The molecule has 0 spiro atoms. The average Bonchev–Trinajstić information content (AvgIpc) is 2.72. The number of esters is 1. The highest BCUT2D eigenvalue weighted by Crippen LogP contribution is 2.69. The quantitative estimate of drug-likeness (QED) is 0.574. The third kappa shape index (κ3) is 1.17. The van der Waals surface area contributed by atoms with Crippen molar-refractivity contribution in [2.75, 3.05) is 0 Å². The van der Waals surface area contributed by atoms with Crippen LogP contribution >= 0.6 is 11.6 Å². The number of carbonyl (C=O) groups excluding carboxylic acids is 1. The minimum atomic E-state index is -0.175. The summed E-state index contributed by atoms with van der Waals surface area (Å²) in [5.41, 5.74) is 2.88. The molecule has 3 heteroatoms. The molecule has 4 rings (SSSR count). The topological polar surface area (TPSA) is 26.3 Å². The maximum Gasteiger partial charge on any atom is 0.302 e. The number of ether oxygens (including phenoxy) is 1. The Hall–Kier alpha value is -1.02. The molecule has 2 bridgehead atoms. The molecule has 0 amide bonds. The lowest BCUT2D eigenvalue weighted by Crippen LogP contribution is -2.34. The molecule has 2 fully saturated rings. The van der Waals surface area contributed by atoms with E-state index in [4.69, 9.17) is 16.3 Å². The first-order chi connectivity index (χ1) is 8.68. The third-order valence-corrected chi connectivity index (χ3v) is 5.46. The molecule has 0 unspecified atom stereocenters. The number of fused-ring (bicyclic) bond motifs is 8. The Morgan fingerprint density at radius 3 is 2.61 bits per heavy atom. The second kappa shape index (κ2) is 3.51. The van der Waals surface area contributed by atoms with Gasteiger partial charge in [0.05, 0.1) is 0 Å². The number of alkyl halides is 1. The van der Waals surface area contributed by atoms with Gasteiger partial charge in [-0.2, -0.15) is 0 Å². The van der Waals surface area contributed by atoms with Gasteiger partial charge in [0.1, 0.15) is 6.10 Å². The molecule has 0 saturated heterocycles. The predicted octanol–water partition coefficient (Wildman–Crippen LogP) is 3.06. The Bertz CT molecular complexity index is 527. The molecular weight excluding hydrogens is 248 g/mol. The minimum absolute atomic E-state index is 0.0346. The van der Waals surface area contributed by atoms with Crippen molar-refractivity contribution in [3.05, 3.63) is 35.4 Å². The second-order valence-corrected chi connectivity index (χ2v) is 6.31. The van der Waals surface area contributed by atoms with Gasteiger partial charge in [0.15, 0.2) is 0 Å². The standard InChI is InChI=1S/C15H15ClO2/c1-7(17)18-15-10-6-11(16)14(15)13-9-5-3-2-4-8(9)12(10)13/h2-5,10-15H,6H2,1H3/t10-,11+,12+,13+,14+,15-/m0/s1. The Balaban J connectivity index is 1.74. The fourth-order valence-electron chi connectivity index (χ4n) is 4.53. The number of benzene rings is 1. The van der Waals surface area contributed by atoms with Crippen LogP contribution in [0, 0.1) is 11.8 Å². The molecule has 18 heavy (non-hydrogen) atoms. The van der Waals surface area contributed by atoms with Crippen molar-refractivity contribution in [3.8, 4) is 0 Å². The monoisotopic (exact) mass is 262 g/mol. The number of halogens is 1. The van der Waals surface area contributed by atoms with E-state index in [0.29, 0.717) is 23.7 Å². The summed E-state index contributed by atoms with van der Waals surface area (Å²) in [6.45, 7) is 1.50. The number of hydrogen-bond donors (Lipinski definition) is 0. The van der Waals surface area contributed by atoms with Crippen LogP contribution in [-0.2, 0) is 9.53 Å². The van der Waals surface area contributed by atoms with Gasteiger partial charge in [-0.1, -0.05) is 24.3 Å². The Labute approximate surface area is 111 Å². The lowest BCUT2D eigenvalue weighted by Gasteiger charge is -2.43. The second-order valence-electron chi connectivity index (χ2n) is 5.75. The summed E-state index contributed by atoms with van der Waals surface area (Å²) in [6, 6.07) is 8.60. The molecular formula is C15H15ClO2. The number of carbonyl (C=O) groups is 1. The van der Waals surface area contributed by atoms with Gasteiger partial charge >= 0.3 is 5.97 Å². The van der Waals surface area contributed by atoms with E-state index in [-0.39, 0.29) is 17.5 Å². The van der Waals surface area contributed by atoms with Gasteiger partial charge in [-0.25, -0.2) is 0 Å². The van der Waals surface area contributed by atoms with Gasteiger partial charge in [-0.15, -0.1) is 11.6 Å². The molecule has 0 heterocycles. The van der Waals surface area contributed by atoms with Gasteiger partial charge < -0.3 is 4.74 Å². The van der Waals surface area contributed by atoms with Crippen molar-refractivity contribution < 1.29 is 9.53 Å². The van der Waals surface area contributed by atoms with Crippen LogP contribution in [0.3, 0.4) is 0 Å². The van der Waals surface area contributed by atoms with Gasteiger partial charge in [0.2, 0.25) is 0 Å². The van der Waals surface area contributed by atoms with Crippen LogP contribution < -0.4 is 0 Å². The third-order valence-electron chi connectivity index (χ3n) is 5.00. The van der Waals surface area contributed by atoms with Crippen LogP contribution in [-0.4, -0.2) is 17.5 Å². The van der Waals surface area contributed by atoms with Crippen LogP contribution in [0.4, 0.5) is 0 Å². The zero-order valence-corrected chi connectivity index (χ0v) is 10.9. The van der Waals surface area contributed by atoms with Crippen molar-refractivity contribution in [2.45, 2.75) is 36.7 Å². The highest BCUT2D eigenvalue weighted by Gasteiger charge is 2.65. The molecule has 0 aromatic heterocycles. The van der Waals surface area contributed by atoms with E-state index in [1.807, 2.05) is 0 Å². The Morgan fingerprint density at radius 2 is 1.94 bits per heavy atom. The zero-order valence-electron chi connectivity index (χ0n) is 10.2. The summed E-state index contributed by atoms with van der Waals surface area (Å²) in [5.74, 6) is 1.67. The first-order valence-electron chi connectivity index (χ1n) is 6.58. The van der Waals surface area contributed by atoms with E-state index in [9.17, 15) is 4.79 Å². The summed E-state index contributed by atoms with van der Waals surface area (Å²) in [4.78, 5) is 11.3. The van der Waals surface area contributed by atoms with Gasteiger partial charge in [-0.3, -0.25) is 4.79 Å². The van der Waals surface area contributed by atoms with E-state index in [2.05, 4.69) is 24.3 Å². The van der Waals surface area contributed by atoms with E-state index in [0.717, 1.165) is 6.42 Å². The molecule has 3 aliphatic carbocycles. The average molecular weight is 263 g/mol. The fourth-order valence-corrected chi connectivity index (χ4v) is 5.04. The zero-order chi connectivity index (χ0) is 12.4. The minimum Gasteiger partial charge on any atom is -0.462 e. The first kappa shape index (κ1) is 10.9. The summed E-state index contributed by atoms with van der Waals surface area (Å²) >= 11 is 6.46.